The summed E-state index contributed by atoms with van der Waals surface area (Å²) in [6.45, 7) is 6.54. The Morgan fingerprint density at radius 3 is 1.30 bits per heavy atom. The minimum Gasteiger partial charge on any atom is -0.369 e. The van der Waals surface area contributed by atoms with Gasteiger partial charge in [-0.05, 0) is 24.7 Å². The summed E-state index contributed by atoms with van der Waals surface area (Å²) >= 11 is 0. The Bertz CT molecular complexity index is 374. The molecule has 0 heterocycles. The van der Waals surface area contributed by atoms with Gasteiger partial charge in [0.1, 0.15) is 5.92 Å². The van der Waals surface area contributed by atoms with Gasteiger partial charge in [-0.25, -0.2) is 0 Å². The van der Waals surface area contributed by atoms with Crippen molar-refractivity contribution < 1.29 is 9.59 Å². The van der Waals surface area contributed by atoms with Crippen LogP contribution in [-0.4, -0.2) is 11.8 Å². The molecule has 0 saturated carbocycles. The fourth-order valence-electron chi connectivity index (χ4n) is 4.40. The summed E-state index contributed by atoms with van der Waals surface area (Å²) in [6.07, 6.45) is 18.2. The molecular formula is C23H46N2O2. The average Bonchev–Trinajstić information content (AvgIpc) is 2.62. The maximum absolute atomic E-state index is 12.1. The average molecular weight is 383 g/mol. The summed E-state index contributed by atoms with van der Waals surface area (Å²) in [7, 11) is 0. The van der Waals surface area contributed by atoms with Crippen LogP contribution in [0.1, 0.15) is 124 Å². The molecule has 0 aromatic carbocycles. The van der Waals surface area contributed by atoms with Crippen molar-refractivity contribution >= 4 is 11.8 Å². The van der Waals surface area contributed by atoms with Crippen LogP contribution < -0.4 is 11.5 Å². The Labute approximate surface area is 168 Å². The van der Waals surface area contributed by atoms with Crippen LogP contribution in [0.5, 0.6) is 0 Å². The number of amides is 2. The number of hydrogen-bond donors (Lipinski definition) is 2. The lowest BCUT2D eigenvalue weighted by Crippen LogP contribution is -2.47. The minimum atomic E-state index is -0.829. The summed E-state index contributed by atoms with van der Waals surface area (Å²) < 4.78 is 0. The SMILES string of the molecule is CCCCCCCCCCCC(CCCC)(CCCC)C(C(N)=O)C(N)=O. The molecule has 27 heavy (non-hydrogen) atoms. The second-order valence-electron chi connectivity index (χ2n) is 8.39. The second kappa shape index (κ2) is 15.9. The predicted molar refractivity (Wildman–Crippen MR) is 115 cm³/mol. The van der Waals surface area contributed by atoms with Gasteiger partial charge in [0, 0.05) is 0 Å². The van der Waals surface area contributed by atoms with E-state index in [2.05, 4.69) is 20.8 Å². The van der Waals surface area contributed by atoms with Crippen molar-refractivity contribution in [2.45, 2.75) is 124 Å². The number of hydrogen-bond acceptors (Lipinski definition) is 2. The van der Waals surface area contributed by atoms with Crippen LogP contribution in [0.15, 0.2) is 0 Å². The lowest BCUT2D eigenvalue weighted by molar-refractivity contribution is -0.138. The van der Waals surface area contributed by atoms with Crippen LogP contribution in [-0.2, 0) is 9.59 Å². The number of unbranched alkanes of at least 4 members (excludes halogenated alkanes) is 10. The monoisotopic (exact) mass is 382 g/mol. The first-order valence-electron chi connectivity index (χ1n) is 11.5. The third-order valence-corrected chi connectivity index (χ3v) is 6.02. The van der Waals surface area contributed by atoms with E-state index in [0.29, 0.717) is 0 Å². The van der Waals surface area contributed by atoms with Crippen molar-refractivity contribution in [2.24, 2.45) is 22.8 Å². The van der Waals surface area contributed by atoms with Crippen molar-refractivity contribution in [1.29, 1.82) is 0 Å². The molecule has 4 heteroatoms. The first-order valence-corrected chi connectivity index (χ1v) is 11.5. The standard InChI is InChI=1S/C23H46N2O2/c1-4-7-10-11-12-13-14-15-16-19-23(17-8-5-2,18-9-6-3)20(21(24)26)22(25)27/h20H,4-19H2,1-3H3,(H2,24,26)(H2,25,27). The third kappa shape index (κ3) is 10.8. The van der Waals surface area contributed by atoms with E-state index in [4.69, 9.17) is 11.5 Å². The number of rotatable bonds is 19. The van der Waals surface area contributed by atoms with Gasteiger partial charge >= 0.3 is 0 Å². The Hall–Kier alpha value is -1.06. The van der Waals surface area contributed by atoms with Crippen molar-refractivity contribution in [3.63, 3.8) is 0 Å². The zero-order valence-electron chi connectivity index (χ0n) is 18.4. The van der Waals surface area contributed by atoms with Crippen LogP contribution in [0.2, 0.25) is 0 Å². The first-order chi connectivity index (χ1) is 12.9. The molecule has 0 fully saturated rings. The van der Waals surface area contributed by atoms with E-state index < -0.39 is 17.7 Å². The molecule has 0 aromatic heterocycles. The first kappa shape index (κ1) is 25.9. The van der Waals surface area contributed by atoms with E-state index in [0.717, 1.165) is 57.8 Å². The molecule has 0 rings (SSSR count). The Morgan fingerprint density at radius 2 is 0.926 bits per heavy atom. The molecule has 2 amide bonds. The molecule has 0 saturated heterocycles. The Morgan fingerprint density at radius 1 is 0.593 bits per heavy atom. The van der Waals surface area contributed by atoms with Crippen molar-refractivity contribution in [1.82, 2.24) is 0 Å². The van der Waals surface area contributed by atoms with Crippen molar-refractivity contribution in [3.05, 3.63) is 0 Å². The van der Waals surface area contributed by atoms with Gasteiger partial charge < -0.3 is 11.5 Å². The fraction of sp³-hybridized carbons (Fsp3) is 0.913. The van der Waals surface area contributed by atoms with Crippen LogP contribution >= 0.6 is 0 Å². The zero-order valence-corrected chi connectivity index (χ0v) is 18.4. The smallest absolute Gasteiger partial charge is 0.230 e. The molecule has 0 spiro atoms. The molecule has 0 aromatic rings. The highest BCUT2D eigenvalue weighted by Crippen LogP contribution is 2.43. The van der Waals surface area contributed by atoms with Crippen LogP contribution in [0, 0.1) is 11.3 Å². The topological polar surface area (TPSA) is 86.2 Å². The summed E-state index contributed by atoms with van der Waals surface area (Å²) in [4.78, 5) is 24.2. The van der Waals surface area contributed by atoms with Gasteiger partial charge in [-0.15, -0.1) is 0 Å². The maximum Gasteiger partial charge on any atom is 0.230 e. The molecule has 160 valence electrons. The highest BCUT2D eigenvalue weighted by molar-refractivity contribution is 5.99. The van der Waals surface area contributed by atoms with Gasteiger partial charge in [0.05, 0.1) is 0 Å². The zero-order chi connectivity index (χ0) is 20.5. The molecule has 0 unspecified atom stereocenters. The minimum absolute atomic E-state index is 0.342. The number of primary amides is 2. The number of carbonyl (C=O) groups excluding carboxylic acids is 2. The van der Waals surface area contributed by atoms with Crippen molar-refractivity contribution in [2.75, 3.05) is 0 Å². The lowest BCUT2D eigenvalue weighted by atomic mass is 9.65. The van der Waals surface area contributed by atoms with E-state index in [1.165, 1.54) is 44.9 Å². The second-order valence-corrected chi connectivity index (χ2v) is 8.39. The summed E-state index contributed by atoms with van der Waals surface area (Å²) in [5, 5.41) is 0. The molecule has 0 bridgehead atoms. The normalized spacial score (nSPS) is 11.9. The molecule has 0 atom stereocenters. The molecular weight excluding hydrogens is 336 g/mol. The van der Waals surface area contributed by atoms with E-state index in [9.17, 15) is 9.59 Å². The summed E-state index contributed by atoms with van der Waals surface area (Å²) in [5.74, 6) is -1.90. The number of nitrogens with two attached hydrogens (primary N) is 2. The largest absolute Gasteiger partial charge is 0.369 e. The van der Waals surface area contributed by atoms with Gasteiger partial charge in [-0.2, -0.15) is 0 Å². The van der Waals surface area contributed by atoms with Gasteiger partial charge in [0.15, 0.2) is 0 Å². The van der Waals surface area contributed by atoms with E-state index in [1.54, 1.807) is 0 Å². The third-order valence-electron chi connectivity index (χ3n) is 6.02. The Balaban J connectivity index is 4.76. The lowest BCUT2D eigenvalue weighted by Gasteiger charge is -2.38. The van der Waals surface area contributed by atoms with Crippen LogP contribution in [0.4, 0.5) is 0 Å². The molecule has 4 nitrogen and oxygen atoms in total. The summed E-state index contributed by atoms with van der Waals surface area (Å²) in [6, 6.07) is 0. The molecule has 0 radical (unpaired) electrons. The quantitative estimate of drug-likeness (QED) is 0.216. The highest BCUT2D eigenvalue weighted by atomic mass is 16.2. The molecule has 0 aliphatic rings. The van der Waals surface area contributed by atoms with E-state index in [-0.39, 0.29) is 5.41 Å². The predicted octanol–water partition coefficient (Wildman–Crippen LogP) is 5.86. The fourth-order valence-corrected chi connectivity index (χ4v) is 4.40. The summed E-state index contributed by atoms with van der Waals surface area (Å²) in [5.41, 5.74) is 10.9. The maximum atomic E-state index is 12.1. The van der Waals surface area contributed by atoms with Gasteiger partial charge in [0.2, 0.25) is 11.8 Å². The van der Waals surface area contributed by atoms with Crippen molar-refractivity contribution in [3.8, 4) is 0 Å². The highest BCUT2D eigenvalue weighted by Gasteiger charge is 2.44. The molecule has 4 N–H and O–H groups in total. The van der Waals surface area contributed by atoms with Gasteiger partial charge in [0.25, 0.3) is 0 Å². The van der Waals surface area contributed by atoms with Gasteiger partial charge in [-0.3, -0.25) is 9.59 Å². The van der Waals surface area contributed by atoms with E-state index in [1.807, 2.05) is 0 Å². The van der Waals surface area contributed by atoms with Gasteiger partial charge in [-0.1, -0.05) is 104 Å². The van der Waals surface area contributed by atoms with E-state index >= 15 is 0 Å². The molecule has 0 aliphatic heterocycles. The molecule has 0 aliphatic carbocycles. The van der Waals surface area contributed by atoms with Crippen LogP contribution in [0.3, 0.4) is 0 Å². The number of carbonyl (C=O) groups is 2. The Kier molecular flexibility index (Phi) is 15.3. The van der Waals surface area contributed by atoms with Crippen LogP contribution in [0.25, 0.3) is 0 Å².